The van der Waals surface area contributed by atoms with E-state index in [1.165, 1.54) is 0 Å². The fraction of sp³-hybridized carbons (Fsp3) is 0.278. The summed E-state index contributed by atoms with van der Waals surface area (Å²) < 4.78 is 11.9. The molecule has 2 atom stereocenters. The van der Waals surface area contributed by atoms with Crippen molar-refractivity contribution in [2.24, 2.45) is 0 Å². The highest BCUT2D eigenvalue weighted by atomic mass is 32.2. The van der Waals surface area contributed by atoms with Crippen molar-refractivity contribution in [2.75, 3.05) is 12.9 Å². The SMILES string of the molecule is Cc1ccc(-c2cc(C(=O)NC(C)CO)cc(S(C)=O)c2)cc1. The van der Waals surface area contributed by atoms with E-state index in [1.807, 2.05) is 37.3 Å². The number of carbonyl (C=O) groups excluding carboxylic acids is 1. The average molecular weight is 331 g/mol. The first-order chi connectivity index (χ1) is 10.9. The van der Waals surface area contributed by atoms with Gasteiger partial charge in [0.15, 0.2) is 0 Å². The van der Waals surface area contributed by atoms with Gasteiger partial charge in [0.1, 0.15) is 0 Å². The van der Waals surface area contributed by atoms with E-state index in [2.05, 4.69) is 5.32 Å². The maximum Gasteiger partial charge on any atom is 0.251 e. The van der Waals surface area contributed by atoms with E-state index in [1.54, 1.807) is 25.3 Å². The molecular weight excluding hydrogens is 310 g/mol. The molecule has 0 aliphatic carbocycles. The van der Waals surface area contributed by atoms with Gasteiger partial charge in [-0.1, -0.05) is 29.8 Å². The van der Waals surface area contributed by atoms with Gasteiger partial charge in [0.05, 0.1) is 6.61 Å². The van der Waals surface area contributed by atoms with Crippen LogP contribution in [0, 0.1) is 6.92 Å². The van der Waals surface area contributed by atoms with Crippen LogP contribution in [0.3, 0.4) is 0 Å². The Morgan fingerprint density at radius 1 is 1.17 bits per heavy atom. The molecule has 2 rings (SSSR count). The highest BCUT2D eigenvalue weighted by Crippen LogP contribution is 2.24. The van der Waals surface area contributed by atoms with Crippen LogP contribution in [0.1, 0.15) is 22.8 Å². The smallest absolute Gasteiger partial charge is 0.251 e. The number of rotatable bonds is 5. The third kappa shape index (κ3) is 4.50. The monoisotopic (exact) mass is 331 g/mol. The standard InChI is InChI=1S/C18H21NO3S/c1-12-4-6-14(7-5-12)15-8-16(10-17(9-15)23(3)22)18(21)19-13(2)11-20/h4-10,13,20H,11H2,1-3H3,(H,19,21). The molecular formula is C18H21NO3S. The molecule has 23 heavy (non-hydrogen) atoms. The van der Waals surface area contributed by atoms with Gasteiger partial charge in [0.25, 0.3) is 5.91 Å². The summed E-state index contributed by atoms with van der Waals surface area (Å²) in [4.78, 5) is 12.9. The molecule has 2 aromatic rings. The van der Waals surface area contributed by atoms with Crippen molar-refractivity contribution in [3.05, 3.63) is 53.6 Å². The molecule has 0 saturated heterocycles. The van der Waals surface area contributed by atoms with Crippen molar-refractivity contribution in [3.8, 4) is 11.1 Å². The molecule has 0 radical (unpaired) electrons. The molecule has 0 aliphatic rings. The van der Waals surface area contributed by atoms with Gasteiger partial charge in [-0.2, -0.15) is 0 Å². The predicted octanol–water partition coefficient (Wildman–Crippen LogP) is 2.51. The summed E-state index contributed by atoms with van der Waals surface area (Å²) in [5, 5.41) is 11.8. The summed E-state index contributed by atoms with van der Waals surface area (Å²) in [6, 6.07) is 12.9. The number of carbonyl (C=O) groups is 1. The number of aliphatic hydroxyl groups excluding tert-OH is 1. The van der Waals surface area contributed by atoms with Crippen LogP contribution >= 0.6 is 0 Å². The second kappa shape index (κ2) is 7.53. The molecule has 0 fully saturated rings. The van der Waals surface area contributed by atoms with Gasteiger partial charge in [-0.25, -0.2) is 0 Å². The molecule has 122 valence electrons. The summed E-state index contributed by atoms with van der Waals surface area (Å²) in [7, 11) is -1.19. The Labute approximate surface area is 139 Å². The van der Waals surface area contributed by atoms with Gasteiger partial charge in [0.2, 0.25) is 0 Å². The van der Waals surface area contributed by atoms with Gasteiger partial charge < -0.3 is 10.4 Å². The lowest BCUT2D eigenvalue weighted by Crippen LogP contribution is -2.35. The summed E-state index contributed by atoms with van der Waals surface area (Å²) in [5.74, 6) is -0.285. The lowest BCUT2D eigenvalue weighted by atomic mass is 10.0. The van der Waals surface area contributed by atoms with E-state index in [0.717, 1.165) is 16.7 Å². The second-order valence-corrected chi connectivity index (χ2v) is 7.00. The van der Waals surface area contributed by atoms with Crippen LogP contribution in [0.25, 0.3) is 11.1 Å². The summed E-state index contributed by atoms with van der Waals surface area (Å²) in [5.41, 5.74) is 3.40. The molecule has 0 saturated carbocycles. The summed E-state index contributed by atoms with van der Waals surface area (Å²) in [6.45, 7) is 3.60. The zero-order valence-electron chi connectivity index (χ0n) is 13.5. The molecule has 0 bridgehead atoms. The number of nitrogens with one attached hydrogen (secondary N) is 1. The van der Waals surface area contributed by atoms with E-state index in [0.29, 0.717) is 10.5 Å². The highest BCUT2D eigenvalue weighted by Gasteiger charge is 2.13. The molecule has 2 N–H and O–H groups in total. The Kier molecular flexibility index (Phi) is 5.69. The maximum atomic E-state index is 12.3. The van der Waals surface area contributed by atoms with E-state index in [-0.39, 0.29) is 18.6 Å². The first-order valence-corrected chi connectivity index (χ1v) is 8.94. The number of hydrogen-bond donors (Lipinski definition) is 2. The Morgan fingerprint density at radius 3 is 2.39 bits per heavy atom. The fourth-order valence-electron chi connectivity index (χ4n) is 2.16. The minimum atomic E-state index is -1.19. The van der Waals surface area contributed by atoms with Gasteiger partial charge >= 0.3 is 0 Å². The zero-order chi connectivity index (χ0) is 17.0. The predicted molar refractivity (Wildman–Crippen MR) is 93.0 cm³/mol. The molecule has 2 unspecified atom stereocenters. The lowest BCUT2D eigenvalue weighted by Gasteiger charge is -2.13. The molecule has 0 heterocycles. The molecule has 2 aromatic carbocycles. The minimum absolute atomic E-state index is 0.129. The number of amides is 1. The third-order valence-corrected chi connectivity index (χ3v) is 4.44. The largest absolute Gasteiger partial charge is 0.394 e. The van der Waals surface area contributed by atoms with E-state index < -0.39 is 10.8 Å². The van der Waals surface area contributed by atoms with Crippen LogP contribution in [-0.2, 0) is 10.8 Å². The zero-order valence-corrected chi connectivity index (χ0v) is 14.3. The second-order valence-electron chi connectivity index (χ2n) is 5.62. The van der Waals surface area contributed by atoms with E-state index in [4.69, 9.17) is 5.11 Å². The van der Waals surface area contributed by atoms with Gasteiger partial charge in [-0.15, -0.1) is 0 Å². The highest BCUT2D eigenvalue weighted by molar-refractivity contribution is 7.84. The fourth-order valence-corrected chi connectivity index (χ4v) is 2.75. The molecule has 4 nitrogen and oxygen atoms in total. The van der Waals surface area contributed by atoms with E-state index in [9.17, 15) is 9.00 Å². The van der Waals surface area contributed by atoms with Crippen LogP contribution in [0.4, 0.5) is 0 Å². The van der Waals surface area contributed by atoms with Crippen LogP contribution in [0.5, 0.6) is 0 Å². The topological polar surface area (TPSA) is 66.4 Å². The van der Waals surface area contributed by atoms with Crippen molar-refractivity contribution in [1.82, 2.24) is 5.32 Å². The first kappa shape index (κ1) is 17.4. The average Bonchev–Trinajstić information content (AvgIpc) is 2.54. The van der Waals surface area contributed by atoms with Gasteiger partial charge in [0, 0.05) is 33.6 Å². The lowest BCUT2D eigenvalue weighted by molar-refractivity contribution is 0.0922. The van der Waals surface area contributed by atoms with Crippen molar-refractivity contribution in [2.45, 2.75) is 24.8 Å². The van der Waals surface area contributed by atoms with Crippen molar-refractivity contribution >= 4 is 16.7 Å². The van der Waals surface area contributed by atoms with Crippen molar-refractivity contribution in [3.63, 3.8) is 0 Å². The molecule has 0 spiro atoms. The van der Waals surface area contributed by atoms with Crippen LogP contribution in [0.15, 0.2) is 47.4 Å². The Hall–Kier alpha value is -1.98. The number of aryl methyl sites for hydroxylation is 1. The maximum absolute atomic E-state index is 12.3. The Morgan fingerprint density at radius 2 is 1.83 bits per heavy atom. The molecule has 1 amide bonds. The van der Waals surface area contributed by atoms with E-state index >= 15 is 0 Å². The van der Waals surface area contributed by atoms with Crippen LogP contribution < -0.4 is 5.32 Å². The van der Waals surface area contributed by atoms with Crippen LogP contribution in [0.2, 0.25) is 0 Å². The number of benzene rings is 2. The van der Waals surface area contributed by atoms with Crippen molar-refractivity contribution < 1.29 is 14.1 Å². The third-order valence-electron chi connectivity index (χ3n) is 3.54. The van der Waals surface area contributed by atoms with Gasteiger partial charge in [-0.3, -0.25) is 9.00 Å². The van der Waals surface area contributed by atoms with Crippen LogP contribution in [-0.4, -0.2) is 34.1 Å². The van der Waals surface area contributed by atoms with Crippen molar-refractivity contribution in [1.29, 1.82) is 0 Å². The molecule has 0 aliphatic heterocycles. The first-order valence-electron chi connectivity index (χ1n) is 7.38. The number of aliphatic hydroxyl groups is 1. The molecule has 5 heteroatoms. The minimum Gasteiger partial charge on any atom is -0.394 e. The summed E-state index contributed by atoms with van der Waals surface area (Å²) in [6.07, 6.45) is 1.59. The summed E-state index contributed by atoms with van der Waals surface area (Å²) >= 11 is 0. The van der Waals surface area contributed by atoms with Gasteiger partial charge in [-0.05, 0) is 43.2 Å². The normalized spacial score (nSPS) is 13.4. The Balaban J connectivity index is 2.45. The Bertz CT molecular complexity index is 726. The quantitative estimate of drug-likeness (QED) is 0.885. The number of hydrogen-bond acceptors (Lipinski definition) is 3. The molecule has 0 aromatic heterocycles.